The number of aromatic nitrogens is 1. The van der Waals surface area contributed by atoms with Crippen LogP contribution in [0.4, 0.5) is 0 Å². The van der Waals surface area contributed by atoms with Crippen LogP contribution in [0.15, 0.2) is 23.2 Å². The Labute approximate surface area is 160 Å². The van der Waals surface area contributed by atoms with Crippen molar-refractivity contribution in [3.63, 3.8) is 0 Å². The molecule has 1 aliphatic rings. The van der Waals surface area contributed by atoms with E-state index in [1.807, 2.05) is 18.2 Å². The molecule has 2 rings (SSSR count). The van der Waals surface area contributed by atoms with E-state index in [2.05, 4.69) is 20.2 Å². The molecule has 24 heavy (non-hydrogen) atoms. The van der Waals surface area contributed by atoms with Crippen molar-refractivity contribution in [3.05, 3.63) is 23.9 Å². The van der Waals surface area contributed by atoms with Crippen molar-refractivity contribution in [2.45, 2.75) is 25.8 Å². The Morgan fingerprint density at radius 1 is 1.54 bits per heavy atom. The first kappa shape index (κ1) is 20.5. The SMILES string of the molecule is CN=C(NCc1cccc(OC)n1)N1CCCC(CC(N)=O)C1.I. The summed E-state index contributed by atoms with van der Waals surface area (Å²) >= 11 is 0. The summed E-state index contributed by atoms with van der Waals surface area (Å²) < 4.78 is 5.13. The number of piperidine rings is 1. The molecule has 3 N–H and O–H groups in total. The van der Waals surface area contributed by atoms with Crippen molar-refractivity contribution in [3.8, 4) is 5.88 Å². The molecular formula is C16H26IN5O2. The van der Waals surface area contributed by atoms with E-state index in [4.69, 9.17) is 10.5 Å². The largest absolute Gasteiger partial charge is 0.481 e. The van der Waals surface area contributed by atoms with Gasteiger partial charge in [-0.3, -0.25) is 9.79 Å². The minimum Gasteiger partial charge on any atom is -0.481 e. The van der Waals surface area contributed by atoms with Gasteiger partial charge in [0.1, 0.15) is 0 Å². The molecule has 1 atom stereocenters. The Balaban J connectivity index is 0.00000288. The first-order valence-corrected chi connectivity index (χ1v) is 7.86. The second kappa shape index (κ2) is 10.3. The van der Waals surface area contributed by atoms with Gasteiger partial charge in [-0.15, -0.1) is 24.0 Å². The molecule has 1 unspecified atom stereocenters. The standard InChI is InChI=1S/C16H25N5O2.HI/c1-18-16(19-10-13-6-3-7-15(20-13)23-2)21-8-4-5-12(11-21)9-14(17)22;/h3,6-7,12H,4-5,8-11H2,1-2H3,(H2,17,22)(H,18,19);1H. The number of halogens is 1. The van der Waals surface area contributed by atoms with Gasteiger partial charge in [-0.25, -0.2) is 4.98 Å². The minimum absolute atomic E-state index is 0. The Bertz CT molecular complexity index is 567. The van der Waals surface area contributed by atoms with Gasteiger partial charge in [0.25, 0.3) is 0 Å². The summed E-state index contributed by atoms with van der Waals surface area (Å²) in [5.74, 6) is 1.48. The molecule has 0 radical (unpaired) electrons. The molecule has 0 saturated carbocycles. The lowest BCUT2D eigenvalue weighted by molar-refractivity contribution is -0.119. The number of carbonyl (C=O) groups excluding carboxylic acids is 1. The number of hydrogen-bond acceptors (Lipinski definition) is 4. The van der Waals surface area contributed by atoms with Crippen molar-refractivity contribution < 1.29 is 9.53 Å². The Morgan fingerprint density at radius 3 is 3.00 bits per heavy atom. The molecular weight excluding hydrogens is 421 g/mol. The molecule has 7 nitrogen and oxygen atoms in total. The minimum atomic E-state index is -0.236. The smallest absolute Gasteiger partial charge is 0.217 e. The van der Waals surface area contributed by atoms with E-state index >= 15 is 0 Å². The number of nitrogens with two attached hydrogens (primary N) is 1. The highest BCUT2D eigenvalue weighted by atomic mass is 127. The predicted molar refractivity (Wildman–Crippen MR) is 105 cm³/mol. The number of amides is 1. The van der Waals surface area contributed by atoms with Gasteiger partial charge in [-0.05, 0) is 24.8 Å². The molecule has 2 heterocycles. The van der Waals surface area contributed by atoms with E-state index in [1.54, 1.807) is 14.2 Å². The number of guanidine groups is 1. The Morgan fingerprint density at radius 2 is 2.33 bits per heavy atom. The number of ether oxygens (including phenoxy) is 1. The van der Waals surface area contributed by atoms with Crippen LogP contribution in [0.3, 0.4) is 0 Å². The van der Waals surface area contributed by atoms with Gasteiger partial charge in [0.2, 0.25) is 11.8 Å². The quantitative estimate of drug-likeness (QED) is 0.404. The van der Waals surface area contributed by atoms with Crippen LogP contribution < -0.4 is 15.8 Å². The molecule has 134 valence electrons. The van der Waals surface area contributed by atoms with E-state index in [9.17, 15) is 4.79 Å². The third kappa shape index (κ3) is 6.14. The van der Waals surface area contributed by atoms with Crippen LogP contribution in [0, 0.1) is 5.92 Å². The molecule has 1 fully saturated rings. The number of nitrogens with zero attached hydrogens (tertiary/aromatic N) is 3. The van der Waals surface area contributed by atoms with Gasteiger partial charge in [-0.2, -0.15) is 0 Å². The average Bonchev–Trinajstić information content (AvgIpc) is 2.55. The molecule has 1 saturated heterocycles. The van der Waals surface area contributed by atoms with Gasteiger partial charge < -0.3 is 20.7 Å². The zero-order valence-corrected chi connectivity index (χ0v) is 16.5. The zero-order valence-electron chi connectivity index (χ0n) is 14.2. The fraction of sp³-hybridized carbons (Fsp3) is 0.562. The average molecular weight is 447 g/mol. The number of pyridine rings is 1. The number of rotatable bonds is 5. The van der Waals surface area contributed by atoms with Crippen molar-refractivity contribution in [1.29, 1.82) is 0 Å². The van der Waals surface area contributed by atoms with E-state index in [0.29, 0.717) is 24.8 Å². The maximum atomic E-state index is 11.1. The van der Waals surface area contributed by atoms with Crippen LogP contribution in [0.2, 0.25) is 0 Å². The van der Waals surface area contributed by atoms with Gasteiger partial charge in [0.15, 0.2) is 5.96 Å². The fourth-order valence-corrected chi connectivity index (χ4v) is 2.88. The number of methoxy groups -OCH3 is 1. The molecule has 1 aromatic rings. The lowest BCUT2D eigenvalue weighted by Crippen LogP contribution is -2.47. The lowest BCUT2D eigenvalue weighted by atomic mass is 9.95. The first-order chi connectivity index (χ1) is 11.1. The molecule has 0 aliphatic carbocycles. The van der Waals surface area contributed by atoms with Crippen LogP contribution in [-0.2, 0) is 11.3 Å². The Kier molecular flexibility index (Phi) is 8.80. The summed E-state index contributed by atoms with van der Waals surface area (Å²) in [7, 11) is 3.37. The summed E-state index contributed by atoms with van der Waals surface area (Å²) in [4.78, 5) is 22.0. The van der Waals surface area contributed by atoms with E-state index in [1.165, 1.54) is 0 Å². The first-order valence-electron chi connectivity index (χ1n) is 7.86. The van der Waals surface area contributed by atoms with Crippen molar-refractivity contribution >= 4 is 35.8 Å². The van der Waals surface area contributed by atoms with E-state index in [-0.39, 0.29) is 29.9 Å². The molecule has 0 spiro atoms. The maximum absolute atomic E-state index is 11.1. The molecule has 8 heteroatoms. The summed E-state index contributed by atoms with van der Waals surface area (Å²) in [6, 6.07) is 5.67. The highest BCUT2D eigenvalue weighted by molar-refractivity contribution is 14.0. The van der Waals surface area contributed by atoms with Crippen molar-refractivity contribution in [1.82, 2.24) is 15.2 Å². The van der Waals surface area contributed by atoms with Gasteiger partial charge in [0, 0.05) is 32.6 Å². The summed E-state index contributed by atoms with van der Waals surface area (Å²) in [5.41, 5.74) is 6.20. The predicted octanol–water partition coefficient (Wildman–Crippen LogP) is 1.37. The number of primary amides is 1. The third-order valence-corrected chi connectivity index (χ3v) is 3.94. The highest BCUT2D eigenvalue weighted by Gasteiger charge is 2.23. The van der Waals surface area contributed by atoms with Gasteiger partial charge in [0.05, 0.1) is 19.3 Å². The van der Waals surface area contributed by atoms with Crippen LogP contribution in [0.25, 0.3) is 0 Å². The molecule has 0 aromatic carbocycles. The number of likely N-dealkylation sites (tertiary alicyclic amines) is 1. The fourth-order valence-electron chi connectivity index (χ4n) is 2.88. The van der Waals surface area contributed by atoms with E-state index in [0.717, 1.165) is 37.6 Å². The van der Waals surface area contributed by atoms with Crippen LogP contribution >= 0.6 is 24.0 Å². The number of carbonyl (C=O) groups is 1. The van der Waals surface area contributed by atoms with E-state index < -0.39 is 0 Å². The normalized spacial score (nSPS) is 17.8. The van der Waals surface area contributed by atoms with Crippen LogP contribution in [0.5, 0.6) is 5.88 Å². The molecule has 0 bridgehead atoms. The third-order valence-electron chi connectivity index (χ3n) is 3.94. The van der Waals surface area contributed by atoms with Crippen LogP contribution in [-0.4, -0.2) is 49.0 Å². The molecule has 1 aliphatic heterocycles. The molecule has 1 amide bonds. The van der Waals surface area contributed by atoms with Crippen molar-refractivity contribution in [2.24, 2.45) is 16.6 Å². The monoisotopic (exact) mass is 447 g/mol. The number of nitrogens with one attached hydrogen (secondary N) is 1. The second-order valence-electron chi connectivity index (χ2n) is 5.70. The maximum Gasteiger partial charge on any atom is 0.217 e. The summed E-state index contributed by atoms with van der Waals surface area (Å²) in [6.45, 7) is 2.30. The second-order valence-corrected chi connectivity index (χ2v) is 5.70. The number of aliphatic imine (C=N–C) groups is 1. The van der Waals surface area contributed by atoms with Crippen LogP contribution in [0.1, 0.15) is 25.0 Å². The van der Waals surface area contributed by atoms with Gasteiger partial charge >= 0.3 is 0 Å². The summed E-state index contributed by atoms with van der Waals surface area (Å²) in [5, 5.41) is 3.32. The topological polar surface area (TPSA) is 92.8 Å². The van der Waals surface area contributed by atoms with Crippen molar-refractivity contribution in [2.75, 3.05) is 27.2 Å². The lowest BCUT2D eigenvalue weighted by Gasteiger charge is -2.34. The number of hydrogen-bond donors (Lipinski definition) is 2. The summed E-state index contributed by atoms with van der Waals surface area (Å²) in [6.07, 6.45) is 2.51. The Hall–Kier alpha value is -1.58. The highest BCUT2D eigenvalue weighted by Crippen LogP contribution is 2.19. The molecule has 1 aromatic heterocycles. The van der Waals surface area contributed by atoms with Gasteiger partial charge in [-0.1, -0.05) is 6.07 Å². The zero-order chi connectivity index (χ0) is 16.7.